The maximum absolute atomic E-state index is 13.5. The number of hydrogen-bond acceptors (Lipinski definition) is 5. The first-order chi connectivity index (χ1) is 13.2. The second-order valence-corrected chi connectivity index (χ2v) is 5.53. The van der Waals surface area contributed by atoms with Crippen LogP contribution >= 0.6 is 0 Å². The van der Waals surface area contributed by atoms with Crippen molar-refractivity contribution in [3.63, 3.8) is 0 Å². The number of benzene rings is 2. The number of carbonyl (C=O) groups excluding carboxylic acids is 1. The standard InChI is InChI=1S/C20H18FN3O3/c1-2-26-20-12-11-17(23-24-20)14-7-9-15(10-8-14)22-19(25)13-27-18-6-4-3-5-16(18)21/h3-12H,2,13H2,1H3,(H,22,25). The summed E-state index contributed by atoms with van der Waals surface area (Å²) in [5, 5.41) is 10.8. The van der Waals surface area contributed by atoms with Crippen LogP contribution in [0.5, 0.6) is 11.6 Å². The van der Waals surface area contributed by atoms with E-state index in [0.29, 0.717) is 23.9 Å². The fraction of sp³-hybridized carbons (Fsp3) is 0.150. The van der Waals surface area contributed by atoms with Gasteiger partial charge >= 0.3 is 0 Å². The minimum Gasteiger partial charge on any atom is -0.481 e. The maximum Gasteiger partial charge on any atom is 0.262 e. The van der Waals surface area contributed by atoms with Gasteiger partial charge in [0.25, 0.3) is 5.91 Å². The molecule has 1 aromatic heterocycles. The molecule has 2 aromatic carbocycles. The molecule has 27 heavy (non-hydrogen) atoms. The lowest BCUT2D eigenvalue weighted by molar-refractivity contribution is -0.118. The number of anilines is 1. The molecule has 0 aliphatic carbocycles. The van der Waals surface area contributed by atoms with E-state index in [1.807, 2.05) is 25.1 Å². The van der Waals surface area contributed by atoms with Crippen molar-refractivity contribution < 1.29 is 18.7 Å². The van der Waals surface area contributed by atoms with Crippen LogP contribution < -0.4 is 14.8 Å². The van der Waals surface area contributed by atoms with Crippen LogP contribution in [-0.2, 0) is 4.79 Å². The van der Waals surface area contributed by atoms with E-state index in [2.05, 4.69) is 15.5 Å². The second-order valence-electron chi connectivity index (χ2n) is 5.53. The number of nitrogens with one attached hydrogen (secondary N) is 1. The molecule has 0 aliphatic rings. The summed E-state index contributed by atoms with van der Waals surface area (Å²) in [4.78, 5) is 12.0. The lowest BCUT2D eigenvalue weighted by Crippen LogP contribution is -2.20. The third-order valence-corrected chi connectivity index (χ3v) is 3.59. The molecule has 0 atom stereocenters. The Kier molecular flexibility index (Phi) is 5.94. The van der Waals surface area contributed by atoms with Crippen LogP contribution in [0.2, 0.25) is 0 Å². The van der Waals surface area contributed by atoms with Gasteiger partial charge in [-0.25, -0.2) is 4.39 Å². The van der Waals surface area contributed by atoms with Crippen molar-refractivity contribution in [1.82, 2.24) is 10.2 Å². The van der Waals surface area contributed by atoms with Gasteiger partial charge in [-0.15, -0.1) is 10.2 Å². The molecule has 0 bridgehead atoms. The number of halogens is 1. The molecule has 1 N–H and O–H groups in total. The van der Waals surface area contributed by atoms with Gasteiger partial charge in [0.2, 0.25) is 5.88 Å². The minimum atomic E-state index is -0.508. The molecule has 1 heterocycles. The number of amides is 1. The Bertz CT molecular complexity index is 899. The van der Waals surface area contributed by atoms with Crippen LogP contribution in [0.15, 0.2) is 60.7 Å². The number of ether oxygens (including phenoxy) is 2. The van der Waals surface area contributed by atoms with Crippen molar-refractivity contribution in [2.75, 3.05) is 18.5 Å². The number of rotatable bonds is 7. The Morgan fingerprint density at radius 2 is 1.78 bits per heavy atom. The largest absolute Gasteiger partial charge is 0.481 e. The maximum atomic E-state index is 13.5. The van der Waals surface area contributed by atoms with Crippen molar-refractivity contribution in [2.45, 2.75) is 6.92 Å². The molecule has 0 saturated heterocycles. The molecule has 3 aromatic rings. The van der Waals surface area contributed by atoms with Gasteiger partial charge in [-0.2, -0.15) is 0 Å². The normalized spacial score (nSPS) is 10.3. The number of para-hydroxylation sites is 1. The lowest BCUT2D eigenvalue weighted by atomic mass is 10.1. The predicted molar refractivity (Wildman–Crippen MR) is 99.2 cm³/mol. The molecule has 0 saturated carbocycles. The van der Waals surface area contributed by atoms with Crippen LogP contribution in [-0.4, -0.2) is 29.3 Å². The number of carbonyl (C=O) groups is 1. The topological polar surface area (TPSA) is 73.3 Å². The molecular weight excluding hydrogens is 349 g/mol. The highest BCUT2D eigenvalue weighted by atomic mass is 19.1. The molecule has 138 valence electrons. The molecule has 0 fully saturated rings. The third kappa shape index (κ3) is 5.01. The first kappa shape index (κ1) is 18.3. The van der Waals surface area contributed by atoms with E-state index in [4.69, 9.17) is 9.47 Å². The Morgan fingerprint density at radius 3 is 2.44 bits per heavy atom. The van der Waals surface area contributed by atoms with E-state index in [0.717, 1.165) is 5.56 Å². The molecule has 7 heteroatoms. The van der Waals surface area contributed by atoms with E-state index in [-0.39, 0.29) is 18.3 Å². The molecule has 0 radical (unpaired) electrons. The van der Waals surface area contributed by atoms with Crippen molar-refractivity contribution in [3.8, 4) is 22.9 Å². The van der Waals surface area contributed by atoms with Gasteiger partial charge in [-0.3, -0.25) is 4.79 Å². The fourth-order valence-corrected chi connectivity index (χ4v) is 2.33. The van der Waals surface area contributed by atoms with E-state index >= 15 is 0 Å². The van der Waals surface area contributed by atoms with Gasteiger partial charge in [0.05, 0.1) is 12.3 Å². The quantitative estimate of drug-likeness (QED) is 0.689. The summed E-state index contributed by atoms with van der Waals surface area (Å²) in [6.45, 7) is 2.13. The van der Waals surface area contributed by atoms with Crippen LogP contribution in [0.3, 0.4) is 0 Å². The van der Waals surface area contributed by atoms with Crippen molar-refractivity contribution in [1.29, 1.82) is 0 Å². The summed E-state index contributed by atoms with van der Waals surface area (Å²) in [5.41, 5.74) is 2.14. The van der Waals surface area contributed by atoms with Gasteiger partial charge in [-0.1, -0.05) is 24.3 Å². The van der Waals surface area contributed by atoms with Crippen LogP contribution in [0.4, 0.5) is 10.1 Å². The Morgan fingerprint density at radius 1 is 1.00 bits per heavy atom. The summed E-state index contributed by atoms with van der Waals surface area (Å²) in [7, 11) is 0. The van der Waals surface area contributed by atoms with Crippen molar-refractivity contribution in [3.05, 3.63) is 66.5 Å². The van der Waals surface area contributed by atoms with Crippen LogP contribution in [0, 0.1) is 5.82 Å². The highest BCUT2D eigenvalue weighted by Crippen LogP contribution is 2.20. The lowest BCUT2D eigenvalue weighted by Gasteiger charge is -2.09. The zero-order chi connectivity index (χ0) is 19.1. The first-order valence-electron chi connectivity index (χ1n) is 8.40. The average molecular weight is 367 g/mol. The van der Waals surface area contributed by atoms with E-state index in [9.17, 15) is 9.18 Å². The number of aromatic nitrogens is 2. The molecular formula is C20H18FN3O3. The molecule has 3 rings (SSSR count). The molecule has 6 nitrogen and oxygen atoms in total. The zero-order valence-corrected chi connectivity index (χ0v) is 14.7. The van der Waals surface area contributed by atoms with Crippen LogP contribution in [0.25, 0.3) is 11.3 Å². The molecule has 0 unspecified atom stereocenters. The highest BCUT2D eigenvalue weighted by molar-refractivity contribution is 5.92. The SMILES string of the molecule is CCOc1ccc(-c2ccc(NC(=O)COc3ccccc3F)cc2)nn1. The summed E-state index contributed by atoms with van der Waals surface area (Å²) in [6.07, 6.45) is 0. The summed E-state index contributed by atoms with van der Waals surface area (Å²) < 4.78 is 23.9. The zero-order valence-electron chi connectivity index (χ0n) is 14.7. The van der Waals surface area contributed by atoms with Crippen LogP contribution in [0.1, 0.15) is 6.92 Å². The molecule has 0 spiro atoms. The first-order valence-corrected chi connectivity index (χ1v) is 8.40. The second kappa shape index (κ2) is 8.75. The van der Waals surface area contributed by atoms with Gasteiger partial charge in [0.15, 0.2) is 18.2 Å². The van der Waals surface area contributed by atoms with E-state index in [1.165, 1.54) is 12.1 Å². The third-order valence-electron chi connectivity index (χ3n) is 3.59. The Balaban J connectivity index is 1.57. The van der Waals surface area contributed by atoms with Crippen molar-refractivity contribution in [2.24, 2.45) is 0 Å². The summed E-state index contributed by atoms with van der Waals surface area (Å²) in [5.74, 6) is -0.380. The summed E-state index contributed by atoms with van der Waals surface area (Å²) in [6, 6.07) is 16.6. The van der Waals surface area contributed by atoms with E-state index in [1.54, 1.807) is 30.3 Å². The van der Waals surface area contributed by atoms with Crippen molar-refractivity contribution >= 4 is 11.6 Å². The number of nitrogens with zero attached hydrogens (tertiary/aromatic N) is 2. The van der Waals surface area contributed by atoms with Gasteiger partial charge < -0.3 is 14.8 Å². The Labute approximate surface area is 156 Å². The monoisotopic (exact) mass is 367 g/mol. The van der Waals surface area contributed by atoms with E-state index < -0.39 is 5.82 Å². The van der Waals surface area contributed by atoms with Gasteiger partial charge in [0.1, 0.15) is 0 Å². The Hall–Kier alpha value is -3.48. The predicted octanol–water partition coefficient (Wildman–Crippen LogP) is 3.70. The van der Waals surface area contributed by atoms with Gasteiger partial charge in [0, 0.05) is 17.3 Å². The minimum absolute atomic E-state index is 0.0390. The molecule has 0 aliphatic heterocycles. The fourth-order valence-electron chi connectivity index (χ4n) is 2.33. The number of hydrogen-bond donors (Lipinski definition) is 1. The molecule has 1 amide bonds. The smallest absolute Gasteiger partial charge is 0.262 e. The highest BCUT2D eigenvalue weighted by Gasteiger charge is 2.07. The average Bonchev–Trinajstić information content (AvgIpc) is 2.69. The summed E-state index contributed by atoms with van der Waals surface area (Å²) >= 11 is 0. The van der Waals surface area contributed by atoms with Gasteiger partial charge in [-0.05, 0) is 37.3 Å².